The van der Waals surface area contributed by atoms with Crippen molar-refractivity contribution >= 4 is 5.91 Å². The molecule has 2 heterocycles. The van der Waals surface area contributed by atoms with E-state index in [0.29, 0.717) is 18.7 Å². The Morgan fingerprint density at radius 1 is 1.36 bits per heavy atom. The Hall–Kier alpha value is -2.50. The quantitative estimate of drug-likeness (QED) is 0.838. The summed E-state index contributed by atoms with van der Waals surface area (Å²) in [6, 6.07) is 7.66. The zero-order valence-corrected chi connectivity index (χ0v) is 15.2. The summed E-state index contributed by atoms with van der Waals surface area (Å²) in [5.41, 5.74) is 1.40. The fourth-order valence-corrected chi connectivity index (χ4v) is 2.95. The first-order chi connectivity index (χ1) is 12.0. The lowest BCUT2D eigenvalue weighted by molar-refractivity contribution is 0.0392. The van der Waals surface area contributed by atoms with E-state index in [4.69, 9.17) is 9.47 Å². The van der Waals surface area contributed by atoms with E-state index in [1.54, 1.807) is 4.68 Å². The van der Waals surface area contributed by atoms with Crippen molar-refractivity contribution in [2.24, 2.45) is 0 Å². The summed E-state index contributed by atoms with van der Waals surface area (Å²) in [4.78, 5) is 14.9. The lowest BCUT2D eigenvalue weighted by Crippen LogP contribution is -2.46. The SMILES string of the molecule is CCn1cc(C(=O)N(C[C@@H]2COc3ccccc3O2)C(C)C)c(C)n1. The monoisotopic (exact) mass is 343 g/mol. The number of amides is 1. The number of rotatable bonds is 5. The van der Waals surface area contributed by atoms with Gasteiger partial charge in [0.25, 0.3) is 5.91 Å². The van der Waals surface area contributed by atoms with Crippen LogP contribution in [0.25, 0.3) is 0 Å². The topological polar surface area (TPSA) is 56.6 Å². The number of carbonyl (C=O) groups excluding carboxylic acids is 1. The summed E-state index contributed by atoms with van der Waals surface area (Å²) >= 11 is 0. The van der Waals surface area contributed by atoms with Gasteiger partial charge in [-0.3, -0.25) is 9.48 Å². The largest absolute Gasteiger partial charge is 0.486 e. The maximum atomic E-state index is 13.0. The van der Waals surface area contributed by atoms with Gasteiger partial charge in [0.05, 0.1) is 17.8 Å². The van der Waals surface area contributed by atoms with Gasteiger partial charge in [-0.15, -0.1) is 0 Å². The number of hydrogen-bond acceptors (Lipinski definition) is 4. The zero-order valence-electron chi connectivity index (χ0n) is 15.2. The van der Waals surface area contributed by atoms with Crippen LogP contribution < -0.4 is 9.47 Å². The molecule has 6 nitrogen and oxygen atoms in total. The Kier molecular flexibility index (Phi) is 4.97. The van der Waals surface area contributed by atoms with Gasteiger partial charge in [-0.2, -0.15) is 5.10 Å². The van der Waals surface area contributed by atoms with Crippen LogP contribution in [0.5, 0.6) is 11.5 Å². The highest BCUT2D eigenvalue weighted by atomic mass is 16.6. The number of nitrogens with zero attached hydrogens (tertiary/aromatic N) is 3. The maximum Gasteiger partial charge on any atom is 0.257 e. The Morgan fingerprint density at radius 3 is 2.72 bits per heavy atom. The first-order valence-corrected chi connectivity index (χ1v) is 8.73. The molecule has 0 N–H and O–H groups in total. The minimum absolute atomic E-state index is 0.0188. The van der Waals surface area contributed by atoms with Crippen LogP contribution in [-0.4, -0.2) is 45.9 Å². The van der Waals surface area contributed by atoms with Crippen LogP contribution in [0.2, 0.25) is 0 Å². The van der Waals surface area contributed by atoms with Gasteiger partial charge in [-0.25, -0.2) is 0 Å². The van der Waals surface area contributed by atoms with Crippen molar-refractivity contribution < 1.29 is 14.3 Å². The summed E-state index contributed by atoms with van der Waals surface area (Å²) in [6.45, 7) is 9.54. The van der Waals surface area contributed by atoms with Crippen LogP contribution in [-0.2, 0) is 6.54 Å². The first-order valence-electron chi connectivity index (χ1n) is 8.73. The number of fused-ring (bicyclic) bond motifs is 1. The highest BCUT2D eigenvalue weighted by Crippen LogP contribution is 2.31. The number of carbonyl (C=O) groups is 1. The van der Waals surface area contributed by atoms with Gasteiger partial charge in [0.15, 0.2) is 17.6 Å². The molecule has 0 bridgehead atoms. The second-order valence-electron chi connectivity index (χ2n) is 6.53. The van der Waals surface area contributed by atoms with E-state index in [9.17, 15) is 4.79 Å². The van der Waals surface area contributed by atoms with Gasteiger partial charge in [-0.1, -0.05) is 12.1 Å². The molecule has 0 fully saturated rings. The molecule has 0 spiro atoms. The standard InChI is InChI=1S/C19H25N3O3/c1-5-21-11-16(14(4)20-21)19(23)22(13(2)3)10-15-12-24-17-8-6-7-9-18(17)25-15/h6-9,11,13,15H,5,10,12H2,1-4H3/t15-/m1/s1. The van der Waals surface area contributed by atoms with Crippen LogP contribution >= 0.6 is 0 Å². The molecule has 1 amide bonds. The normalized spacial score (nSPS) is 16.1. The second kappa shape index (κ2) is 7.17. The van der Waals surface area contributed by atoms with E-state index < -0.39 is 0 Å². The van der Waals surface area contributed by atoms with Crippen molar-refractivity contribution in [3.8, 4) is 11.5 Å². The van der Waals surface area contributed by atoms with E-state index >= 15 is 0 Å². The van der Waals surface area contributed by atoms with Crippen LogP contribution in [0.3, 0.4) is 0 Å². The zero-order chi connectivity index (χ0) is 18.0. The molecule has 1 aromatic heterocycles. The van der Waals surface area contributed by atoms with Crippen molar-refractivity contribution in [1.82, 2.24) is 14.7 Å². The summed E-state index contributed by atoms with van der Waals surface area (Å²) in [7, 11) is 0. The molecule has 0 radical (unpaired) electrons. The lowest BCUT2D eigenvalue weighted by Gasteiger charge is -2.33. The third-order valence-electron chi connectivity index (χ3n) is 4.35. The predicted octanol–water partition coefficient (Wildman–Crippen LogP) is 2.90. The number of hydrogen-bond donors (Lipinski definition) is 0. The van der Waals surface area contributed by atoms with Gasteiger partial charge in [0, 0.05) is 18.8 Å². The summed E-state index contributed by atoms with van der Waals surface area (Å²) in [5, 5.41) is 4.38. The molecular formula is C19H25N3O3. The number of aromatic nitrogens is 2. The second-order valence-corrected chi connectivity index (χ2v) is 6.53. The molecule has 1 aromatic carbocycles. The molecule has 0 saturated carbocycles. The molecule has 0 aliphatic carbocycles. The number of benzene rings is 1. The van der Waals surface area contributed by atoms with Gasteiger partial charge < -0.3 is 14.4 Å². The average Bonchev–Trinajstić information content (AvgIpc) is 2.99. The Morgan fingerprint density at radius 2 is 2.08 bits per heavy atom. The lowest BCUT2D eigenvalue weighted by atomic mass is 10.1. The van der Waals surface area contributed by atoms with Gasteiger partial charge in [-0.05, 0) is 39.8 Å². The van der Waals surface area contributed by atoms with Crippen molar-refractivity contribution in [2.45, 2.75) is 46.4 Å². The predicted molar refractivity (Wildman–Crippen MR) is 95.2 cm³/mol. The van der Waals surface area contributed by atoms with Crippen molar-refractivity contribution in [3.63, 3.8) is 0 Å². The molecule has 2 aromatic rings. The molecular weight excluding hydrogens is 318 g/mol. The Balaban J connectivity index is 1.76. The molecule has 1 aliphatic heterocycles. The molecule has 25 heavy (non-hydrogen) atoms. The fraction of sp³-hybridized carbons (Fsp3) is 0.474. The highest BCUT2D eigenvalue weighted by Gasteiger charge is 2.29. The van der Waals surface area contributed by atoms with Crippen LogP contribution in [0.15, 0.2) is 30.5 Å². The van der Waals surface area contributed by atoms with E-state index in [2.05, 4.69) is 5.10 Å². The fourth-order valence-electron chi connectivity index (χ4n) is 2.95. The van der Waals surface area contributed by atoms with E-state index in [-0.39, 0.29) is 18.1 Å². The first kappa shape index (κ1) is 17.3. The van der Waals surface area contributed by atoms with E-state index in [1.165, 1.54) is 0 Å². The molecule has 1 atom stereocenters. The summed E-state index contributed by atoms with van der Waals surface area (Å²) in [6.07, 6.45) is 1.63. The number of para-hydroxylation sites is 2. The molecule has 0 unspecified atom stereocenters. The van der Waals surface area contributed by atoms with Gasteiger partial charge >= 0.3 is 0 Å². The minimum atomic E-state index is -0.192. The van der Waals surface area contributed by atoms with Crippen molar-refractivity contribution in [3.05, 3.63) is 41.7 Å². The molecule has 134 valence electrons. The third kappa shape index (κ3) is 3.62. The highest BCUT2D eigenvalue weighted by molar-refractivity contribution is 5.95. The Labute approximate surface area is 148 Å². The van der Waals surface area contributed by atoms with Gasteiger partial charge in [0.2, 0.25) is 0 Å². The summed E-state index contributed by atoms with van der Waals surface area (Å²) < 4.78 is 13.6. The maximum absolute atomic E-state index is 13.0. The minimum Gasteiger partial charge on any atom is -0.486 e. The molecule has 3 rings (SSSR count). The average molecular weight is 343 g/mol. The Bertz CT molecular complexity index is 754. The van der Waals surface area contributed by atoms with Crippen molar-refractivity contribution in [2.75, 3.05) is 13.2 Å². The number of ether oxygens (including phenoxy) is 2. The molecule has 0 saturated heterocycles. The molecule has 1 aliphatic rings. The van der Waals surface area contributed by atoms with Gasteiger partial charge in [0.1, 0.15) is 6.61 Å². The number of aryl methyl sites for hydroxylation is 2. The van der Waals surface area contributed by atoms with Crippen LogP contribution in [0.4, 0.5) is 0 Å². The van der Waals surface area contributed by atoms with Crippen molar-refractivity contribution in [1.29, 1.82) is 0 Å². The van der Waals surface area contributed by atoms with Crippen LogP contribution in [0.1, 0.15) is 36.8 Å². The third-order valence-corrected chi connectivity index (χ3v) is 4.35. The van der Waals surface area contributed by atoms with E-state index in [0.717, 1.165) is 23.7 Å². The summed E-state index contributed by atoms with van der Waals surface area (Å²) in [5.74, 6) is 1.46. The smallest absolute Gasteiger partial charge is 0.257 e. The van der Waals surface area contributed by atoms with E-state index in [1.807, 2.05) is 63.1 Å². The molecule has 6 heteroatoms. The van der Waals surface area contributed by atoms with Crippen LogP contribution in [0, 0.1) is 6.92 Å².